The summed E-state index contributed by atoms with van der Waals surface area (Å²) in [6.45, 7) is 4.50. The Balaban J connectivity index is 1.99. The molecule has 1 aromatic heterocycles. The third kappa shape index (κ3) is 1.97. The van der Waals surface area contributed by atoms with Crippen molar-refractivity contribution in [2.24, 2.45) is 5.92 Å². The van der Waals surface area contributed by atoms with Gasteiger partial charge in [0.05, 0.1) is 5.52 Å². The van der Waals surface area contributed by atoms with Crippen LogP contribution in [-0.4, -0.2) is 15.5 Å². The van der Waals surface area contributed by atoms with Crippen LogP contribution >= 0.6 is 0 Å². The molecule has 3 nitrogen and oxygen atoms in total. The lowest BCUT2D eigenvalue weighted by atomic mass is 9.98. The van der Waals surface area contributed by atoms with Crippen LogP contribution in [0.3, 0.4) is 0 Å². The van der Waals surface area contributed by atoms with Gasteiger partial charge in [0.15, 0.2) is 0 Å². The van der Waals surface area contributed by atoms with Crippen molar-refractivity contribution in [2.75, 3.05) is 5.32 Å². The highest BCUT2D eigenvalue weighted by atomic mass is 15.1. The number of hydrogen-bond donors (Lipinski definition) is 1. The standard InChI is InChI=1S/C14H17N3/c1-14(2,10-7-8-10)17-13-11-5-3-4-6-12(11)15-9-16-13/h3-6,9-10H,7-8H2,1-2H3,(H,15,16,17). The third-order valence-corrected chi connectivity index (χ3v) is 3.58. The quantitative estimate of drug-likeness (QED) is 0.874. The van der Waals surface area contributed by atoms with Gasteiger partial charge in [0.1, 0.15) is 12.1 Å². The lowest BCUT2D eigenvalue weighted by Crippen LogP contribution is -2.33. The van der Waals surface area contributed by atoms with E-state index in [-0.39, 0.29) is 5.54 Å². The molecule has 17 heavy (non-hydrogen) atoms. The van der Waals surface area contributed by atoms with E-state index in [2.05, 4.69) is 35.2 Å². The van der Waals surface area contributed by atoms with Crippen molar-refractivity contribution in [3.05, 3.63) is 30.6 Å². The second-order valence-electron chi connectivity index (χ2n) is 5.36. The van der Waals surface area contributed by atoms with Crippen LogP contribution in [0.25, 0.3) is 10.9 Å². The number of hydrogen-bond acceptors (Lipinski definition) is 3. The average Bonchev–Trinajstić information content (AvgIpc) is 3.13. The van der Waals surface area contributed by atoms with Gasteiger partial charge in [-0.05, 0) is 44.7 Å². The summed E-state index contributed by atoms with van der Waals surface area (Å²) >= 11 is 0. The first kappa shape index (κ1) is 10.5. The maximum atomic E-state index is 4.38. The van der Waals surface area contributed by atoms with Gasteiger partial charge in [-0.1, -0.05) is 12.1 Å². The molecule has 0 unspecified atom stereocenters. The zero-order chi connectivity index (χ0) is 11.9. The Morgan fingerprint density at radius 1 is 1.18 bits per heavy atom. The van der Waals surface area contributed by atoms with E-state index in [1.807, 2.05) is 18.2 Å². The van der Waals surface area contributed by atoms with Crippen molar-refractivity contribution in [2.45, 2.75) is 32.2 Å². The predicted octanol–water partition coefficient (Wildman–Crippen LogP) is 3.23. The van der Waals surface area contributed by atoms with Gasteiger partial charge in [-0.15, -0.1) is 0 Å². The molecule has 0 atom stereocenters. The highest BCUT2D eigenvalue weighted by Gasteiger charge is 2.38. The molecular formula is C14H17N3. The summed E-state index contributed by atoms with van der Waals surface area (Å²) in [6, 6.07) is 8.12. The molecule has 0 spiro atoms. The zero-order valence-electron chi connectivity index (χ0n) is 10.3. The molecule has 0 amide bonds. The number of fused-ring (bicyclic) bond motifs is 1. The van der Waals surface area contributed by atoms with Gasteiger partial charge < -0.3 is 5.32 Å². The Bertz CT molecular complexity index is 539. The Labute approximate surface area is 101 Å². The van der Waals surface area contributed by atoms with Crippen molar-refractivity contribution < 1.29 is 0 Å². The summed E-state index contributed by atoms with van der Waals surface area (Å²) in [7, 11) is 0. The van der Waals surface area contributed by atoms with E-state index < -0.39 is 0 Å². The Morgan fingerprint density at radius 2 is 1.94 bits per heavy atom. The molecule has 1 aromatic carbocycles. The van der Waals surface area contributed by atoms with E-state index in [4.69, 9.17) is 0 Å². The minimum absolute atomic E-state index is 0.122. The van der Waals surface area contributed by atoms with E-state index >= 15 is 0 Å². The fourth-order valence-electron chi connectivity index (χ4n) is 2.32. The molecule has 1 heterocycles. The predicted molar refractivity (Wildman–Crippen MR) is 70.0 cm³/mol. The van der Waals surface area contributed by atoms with Gasteiger partial charge in [0.2, 0.25) is 0 Å². The number of anilines is 1. The topological polar surface area (TPSA) is 37.8 Å². The summed E-state index contributed by atoms with van der Waals surface area (Å²) < 4.78 is 0. The molecule has 1 N–H and O–H groups in total. The van der Waals surface area contributed by atoms with Crippen molar-refractivity contribution in [3.8, 4) is 0 Å². The molecule has 0 bridgehead atoms. The molecule has 0 radical (unpaired) electrons. The van der Waals surface area contributed by atoms with Crippen molar-refractivity contribution >= 4 is 16.7 Å². The zero-order valence-corrected chi connectivity index (χ0v) is 10.3. The highest BCUT2D eigenvalue weighted by Crippen LogP contribution is 2.41. The van der Waals surface area contributed by atoms with Crippen LogP contribution in [0.2, 0.25) is 0 Å². The maximum absolute atomic E-state index is 4.38. The number of benzene rings is 1. The number of aromatic nitrogens is 2. The fraction of sp³-hybridized carbons (Fsp3) is 0.429. The lowest BCUT2D eigenvalue weighted by Gasteiger charge is -2.27. The highest BCUT2D eigenvalue weighted by molar-refractivity contribution is 5.88. The molecule has 1 aliphatic carbocycles. The summed E-state index contributed by atoms with van der Waals surface area (Å²) in [6.07, 6.45) is 4.28. The van der Waals surface area contributed by atoms with E-state index in [0.717, 1.165) is 22.6 Å². The van der Waals surface area contributed by atoms with Crippen LogP contribution in [0.15, 0.2) is 30.6 Å². The SMILES string of the molecule is CC(C)(Nc1ncnc2ccccc12)C1CC1. The minimum atomic E-state index is 0.122. The van der Waals surface area contributed by atoms with Crippen LogP contribution in [0, 0.1) is 5.92 Å². The molecule has 0 saturated heterocycles. The largest absolute Gasteiger partial charge is 0.364 e. The number of nitrogens with one attached hydrogen (secondary N) is 1. The van der Waals surface area contributed by atoms with E-state index in [0.29, 0.717) is 0 Å². The van der Waals surface area contributed by atoms with Gasteiger partial charge in [-0.25, -0.2) is 9.97 Å². The van der Waals surface area contributed by atoms with Gasteiger partial charge in [-0.3, -0.25) is 0 Å². The molecule has 1 saturated carbocycles. The number of rotatable bonds is 3. The van der Waals surface area contributed by atoms with Crippen LogP contribution < -0.4 is 5.32 Å². The molecule has 0 aliphatic heterocycles. The summed E-state index contributed by atoms with van der Waals surface area (Å²) in [5, 5.41) is 4.67. The average molecular weight is 227 g/mol. The number of para-hydroxylation sites is 1. The number of nitrogens with zero attached hydrogens (tertiary/aromatic N) is 2. The van der Waals surface area contributed by atoms with Gasteiger partial charge in [0.25, 0.3) is 0 Å². The molecule has 88 valence electrons. The Morgan fingerprint density at radius 3 is 2.71 bits per heavy atom. The second-order valence-corrected chi connectivity index (χ2v) is 5.36. The molecular weight excluding hydrogens is 210 g/mol. The van der Waals surface area contributed by atoms with Crippen LogP contribution in [0.5, 0.6) is 0 Å². The first-order chi connectivity index (χ1) is 8.17. The molecule has 1 aliphatic rings. The fourth-order valence-corrected chi connectivity index (χ4v) is 2.32. The van der Waals surface area contributed by atoms with Crippen LogP contribution in [-0.2, 0) is 0 Å². The van der Waals surface area contributed by atoms with E-state index in [1.54, 1.807) is 6.33 Å². The van der Waals surface area contributed by atoms with E-state index in [9.17, 15) is 0 Å². The Hall–Kier alpha value is -1.64. The molecule has 3 heteroatoms. The van der Waals surface area contributed by atoms with Crippen molar-refractivity contribution in [3.63, 3.8) is 0 Å². The van der Waals surface area contributed by atoms with Gasteiger partial charge >= 0.3 is 0 Å². The monoisotopic (exact) mass is 227 g/mol. The smallest absolute Gasteiger partial charge is 0.137 e. The summed E-state index contributed by atoms with van der Waals surface area (Å²) in [4.78, 5) is 8.66. The lowest BCUT2D eigenvalue weighted by molar-refractivity contribution is 0.493. The third-order valence-electron chi connectivity index (χ3n) is 3.58. The normalized spacial score (nSPS) is 16.1. The van der Waals surface area contributed by atoms with Crippen LogP contribution in [0.1, 0.15) is 26.7 Å². The van der Waals surface area contributed by atoms with E-state index in [1.165, 1.54) is 12.8 Å². The Kier molecular flexibility index (Phi) is 2.28. The van der Waals surface area contributed by atoms with Crippen molar-refractivity contribution in [1.29, 1.82) is 0 Å². The van der Waals surface area contributed by atoms with Gasteiger partial charge in [0, 0.05) is 10.9 Å². The molecule has 3 rings (SSSR count). The first-order valence-electron chi connectivity index (χ1n) is 6.15. The maximum Gasteiger partial charge on any atom is 0.137 e. The van der Waals surface area contributed by atoms with Crippen LogP contribution in [0.4, 0.5) is 5.82 Å². The van der Waals surface area contributed by atoms with Gasteiger partial charge in [-0.2, -0.15) is 0 Å². The second kappa shape index (κ2) is 3.69. The summed E-state index contributed by atoms with van der Waals surface area (Å²) in [5.74, 6) is 1.73. The molecule has 2 aromatic rings. The molecule has 1 fully saturated rings. The summed E-state index contributed by atoms with van der Waals surface area (Å²) in [5.41, 5.74) is 1.12. The van der Waals surface area contributed by atoms with Crippen molar-refractivity contribution in [1.82, 2.24) is 9.97 Å². The minimum Gasteiger partial charge on any atom is -0.364 e. The first-order valence-corrected chi connectivity index (χ1v) is 6.15.